The van der Waals surface area contributed by atoms with Gasteiger partial charge in [0.15, 0.2) is 0 Å². The van der Waals surface area contributed by atoms with Crippen molar-refractivity contribution in [2.75, 3.05) is 17.2 Å². The summed E-state index contributed by atoms with van der Waals surface area (Å²) in [7, 11) is 0. The molecule has 3 aromatic rings. The van der Waals surface area contributed by atoms with Crippen LogP contribution in [0.15, 0.2) is 41.5 Å². The Balaban J connectivity index is 1.75. The number of fused-ring (bicyclic) bond motifs is 1. The van der Waals surface area contributed by atoms with Crippen LogP contribution in [0.4, 0.5) is 17.5 Å². The van der Waals surface area contributed by atoms with Crippen molar-refractivity contribution in [3.05, 3.63) is 52.6 Å². The van der Waals surface area contributed by atoms with E-state index in [9.17, 15) is 9.90 Å². The molecular weight excluding hydrogens is 366 g/mol. The van der Waals surface area contributed by atoms with Crippen molar-refractivity contribution in [1.82, 2.24) is 14.5 Å². The van der Waals surface area contributed by atoms with Gasteiger partial charge >= 0.3 is 0 Å². The van der Waals surface area contributed by atoms with Gasteiger partial charge in [-0.3, -0.25) is 4.79 Å². The molecule has 0 aromatic carbocycles. The van der Waals surface area contributed by atoms with Gasteiger partial charge in [0.05, 0.1) is 5.39 Å². The van der Waals surface area contributed by atoms with Gasteiger partial charge in [0.1, 0.15) is 17.5 Å². The summed E-state index contributed by atoms with van der Waals surface area (Å²) in [5.41, 5.74) is 1.06. The summed E-state index contributed by atoms with van der Waals surface area (Å²) in [4.78, 5) is 22.1. The zero-order valence-corrected chi connectivity index (χ0v) is 16.9. The molecule has 2 unspecified atom stereocenters. The number of anilines is 3. The summed E-state index contributed by atoms with van der Waals surface area (Å²) in [5.74, 6) is 2.26. The smallest absolute Gasteiger partial charge is 0.262 e. The minimum absolute atomic E-state index is 0.0445. The lowest BCUT2D eigenvalue weighted by molar-refractivity contribution is 0.229. The van der Waals surface area contributed by atoms with Gasteiger partial charge in [0.2, 0.25) is 0 Å². The van der Waals surface area contributed by atoms with Gasteiger partial charge in [-0.1, -0.05) is 0 Å². The fourth-order valence-electron chi connectivity index (χ4n) is 4.02. The topological polar surface area (TPSA) is 92.1 Å². The largest absolute Gasteiger partial charge is 0.396 e. The molecule has 0 radical (unpaired) electrons. The molecule has 4 rings (SSSR count). The molecule has 7 nitrogen and oxygen atoms in total. The highest BCUT2D eigenvalue weighted by atomic mass is 16.3. The summed E-state index contributed by atoms with van der Waals surface area (Å²) in [6.45, 7) is 4.78. The molecule has 152 valence electrons. The van der Waals surface area contributed by atoms with E-state index in [1.807, 2.05) is 44.3 Å². The third kappa shape index (κ3) is 4.10. The van der Waals surface area contributed by atoms with Gasteiger partial charge in [0, 0.05) is 31.6 Å². The first kappa shape index (κ1) is 19.4. The molecule has 0 bridgehead atoms. The fraction of sp³-hybridized carbons (Fsp3) is 0.409. The van der Waals surface area contributed by atoms with E-state index >= 15 is 0 Å². The van der Waals surface area contributed by atoms with Crippen LogP contribution in [0, 0.1) is 12.8 Å². The van der Waals surface area contributed by atoms with Gasteiger partial charge in [-0.25, -0.2) is 9.97 Å². The molecule has 7 heteroatoms. The molecule has 0 amide bonds. The van der Waals surface area contributed by atoms with E-state index in [4.69, 9.17) is 4.98 Å². The number of aliphatic hydroxyl groups excluding tert-OH is 1. The summed E-state index contributed by atoms with van der Waals surface area (Å²) in [5, 5.41) is 17.6. The van der Waals surface area contributed by atoms with Crippen molar-refractivity contribution in [3.63, 3.8) is 0 Å². The zero-order valence-electron chi connectivity index (χ0n) is 16.9. The normalized spacial score (nSPS) is 18.9. The van der Waals surface area contributed by atoms with Crippen molar-refractivity contribution < 1.29 is 5.11 Å². The Hall–Kier alpha value is -2.93. The number of aromatic nitrogens is 3. The van der Waals surface area contributed by atoms with Gasteiger partial charge in [0.25, 0.3) is 5.56 Å². The highest BCUT2D eigenvalue weighted by molar-refractivity contribution is 5.93. The molecule has 1 saturated carbocycles. The zero-order chi connectivity index (χ0) is 20.4. The quantitative estimate of drug-likeness (QED) is 0.594. The van der Waals surface area contributed by atoms with Crippen LogP contribution in [-0.4, -0.2) is 32.3 Å². The average molecular weight is 393 g/mol. The van der Waals surface area contributed by atoms with Crippen LogP contribution < -0.4 is 16.2 Å². The molecule has 0 aliphatic heterocycles. The Bertz CT molecular complexity index is 1080. The molecular formula is C22H27N5O2. The van der Waals surface area contributed by atoms with Crippen LogP contribution in [0.5, 0.6) is 0 Å². The summed E-state index contributed by atoms with van der Waals surface area (Å²) in [6, 6.07) is 7.93. The number of aliphatic hydroxyl groups is 1. The predicted octanol–water partition coefficient (Wildman–Crippen LogP) is 3.44. The minimum Gasteiger partial charge on any atom is -0.396 e. The van der Waals surface area contributed by atoms with Crippen LogP contribution in [0.2, 0.25) is 0 Å². The second-order valence-electron chi connectivity index (χ2n) is 7.77. The van der Waals surface area contributed by atoms with Crippen molar-refractivity contribution >= 4 is 28.2 Å². The Kier molecular flexibility index (Phi) is 5.49. The van der Waals surface area contributed by atoms with E-state index in [0.717, 1.165) is 30.2 Å². The fourth-order valence-corrected chi connectivity index (χ4v) is 4.02. The molecule has 1 fully saturated rings. The number of pyridine rings is 3. The summed E-state index contributed by atoms with van der Waals surface area (Å²) in [6.07, 6.45) is 6.40. The molecule has 3 aromatic heterocycles. The first-order valence-electron chi connectivity index (χ1n) is 10.2. The van der Waals surface area contributed by atoms with Gasteiger partial charge in [-0.05, 0) is 74.2 Å². The predicted molar refractivity (Wildman–Crippen MR) is 116 cm³/mol. The molecule has 0 saturated heterocycles. The van der Waals surface area contributed by atoms with Gasteiger partial charge < -0.3 is 20.3 Å². The molecule has 0 spiro atoms. The average Bonchev–Trinajstić information content (AvgIpc) is 3.16. The first-order chi connectivity index (χ1) is 14.1. The van der Waals surface area contributed by atoms with E-state index in [-0.39, 0.29) is 18.2 Å². The lowest BCUT2D eigenvalue weighted by Crippen LogP contribution is -2.23. The maximum Gasteiger partial charge on any atom is 0.262 e. The number of hydrogen-bond donors (Lipinski definition) is 3. The minimum atomic E-state index is -0.0445. The van der Waals surface area contributed by atoms with E-state index in [1.54, 1.807) is 10.8 Å². The van der Waals surface area contributed by atoms with Crippen LogP contribution in [0.3, 0.4) is 0 Å². The number of hydrogen-bond acceptors (Lipinski definition) is 6. The van der Waals surface area contributed by atoms with E-state index in [0.29, 0.717) is 35.3 Å². The Labute approximate surface area is 169 Å². The highest BCUT2D eigenvalue weighted by Crippen LogP contribution is 2.30. The SMILES string of the molecule is CCn1ccc2cc(Nc3cc(C)ccn3)nc(NC3CCC(CO)C3)c2c1=O. The van der Waals surface area contributed by atoms with Gasteiger partial charge in [-0.2, -0.15) is 0 Å². The lowest BCUT2D eigenvalue weighted by Gasteiger charge is -2.17. The standard InChI is InChI=1S/C22H27N5O2/c1-3-27-9-7-16-12-19(25-18-10-14(2)6-8-23-18)26-21(20(16)22(27)29)24-17-5-4-15(11-17)13-28/h6-10,12,15,17,28H,3-5,11,13H2,1-2H3,(H2,23,24,25,26). The molecule has 2 atom stereocenters. The van der Waals surface area contributed by atoms with Crippen molar-refractivity contribution in [1.29, 1.82) is 0 Å². The maximum absolute atomic E-state index is 13.0. The van der Waals surface area contributed by atoms with Crippen LogP contribution in [-0.2, 0) is 6.54 Å². The van der Waals surface area contributed by atoms with Crippen LogP contribution in [0.25, 0.3) is 10.8 Å². The number of rotatable bonds is 6. The van der Waals surface area contributed by atoms with Crippen molar-refractivity contribution in [2.45, 2.75) is 45.7 Å². The van der Waals surface area contributed by atoms with Crippen LogP contribution >= 0.6 is 0 Å². The Morgan fingerprint density at radius 3 is 2.83 bits per heavy atom. The van der Waals surface area contributed by atoms with Crippen molar-refractivity contribution in [3.8, 4) is 0 Å². The van der Waals surface area contributed by atoms with E-state index in [1.165, 1.54) is 0 Å². The number of nitrogens with zero attached hydrogens (tertiary/aromatic N) is 3. The molecule has 1 aliphatic rings. The van der Waals surface area contributed by atoms with Crippen molar-refractivity contribution in [2.24, 2.45) is 5.92 Å². The maximum atomic E-state index is 13.0. The van der Waals surface area contributed by atoms with Gasteiger partial charge in [-0.15, -0.1) is 0 Å². The number of nitrogens with one attached hydrogen (secondary N) is 2. The van der Waals surface area contributed by atoms with E-state index < -0.39 is 0 Å². The molecule has 3 N–H and O–H groups in total. The third-order valence-corrected chi connectivity index (χ3v) is 5.61. The number of aryl methyl sites for hydroxylation is 2. The molecule has 3 heterocycles. The van der Waals surface area contributed by atoms with Crippen LogP contribution in [0.1, 0.15) is 31.7 Å². The van der Waals surface area contributed by atoms with E-state index in [2.05, 4.69) is 15.6 Å². The molecule has 1 aliphatic carbocycles. The summed E-state index contributed by atoms with van der Waals surface area (Å²) < 4.78 is 1.69. The highest BCUT2D eigenvalue weighted by Gasteiger charge is 2.25. The molecule has 29 heavy (non-hydrogen) atoms. The monoisotopic (exact) mass is 393 g/mol. The Morgan fingerprint density at radius 2 is 2.10 bits per heavy atom. The second kappa shape index (κ2) is 8.21. The third-order valence-electron chi connectivity index (χ3n) is 5.61. The first-order valence-corrected chi connectivity index (χ1v) is 10.2. The second-order valence-corrected chi connectivity index (χ2v) is 7.77. The summed E-state index contributed by atoms with van der Waals surface area (Å²) >= 11 is 0. The Morgan fingerprint density at radius 1 is 1.24 bits per heavy atom. The lowest BCUT2D eigenvalue weighted by atomic mass is 10.1.